The normalized spacial score (nSPS) is 10.6. The van der Waals surface area contributed by atoms with Gasteiger partial charge in [0.25, 0.3) is 0 Å². The van der Waals surface area contributed by atoms with E-state index in [4.69, 9.17) is 12.2 Å². The fourth-order valence-electron chi connectivity index (χ4n) is 1.91. The summed E-state index contributed by atoms with van der Waals surface area (Å²) in [7, 11) is 0. The molecule has 22 heavy (non-hydrogen) atoms. The van der Waals surface area contributed by atoms with Crippen LogP contribution in [0, 0.1) is 13.8 Å². The van der Waals surface area contributed by atoms with Crippen molar-refractivity contribution in [3.63, 3.8) is 0 Å². The van der Waals surface area contributed by atoms with Crippen molar-refractivity contribution in [2.24, 2.45) is 5.10 Å². The number of rotatable bonds is 3. The lowest BCUT2D eigenvalue weighted by atomic mass is 10.1. The lowest BCUT2D eigenvalue weighted by molar-refractivity contribution is 0.450. The van der Waals surface area contributed by atoms with Crippen LogP contribution in [-0.2, 0) is 0 Å². The van der Waals surface area contributed by atoms with E-state index in [2.05, 4.69) is 21.9 Å². The van der Waals surface area contributed by atoms with E-state index in [0.29, 0.717) is 10.7 Å². The van der Waals surface area contributed by atoms with Crippen molar-refractivity contribution in [3.8, 4) is 11.5 Å². The van der Waals surface area contributed by atoms with Gasteiger partial charge in [-0.1, -0.05) is 17.7 Å². The Hall–Kier alpha value is -2.60. The summed E-state index contributed by atoms with van der Waals surface area (Å²) < 4.78 is 0. The number of benzene rings is 2. The summed E-state index contributed by atoms with van der Waals surface area (Å²) in [6.07, 6.45) is 1.42. The van der Waals surface area contributed by atoms with Crippen LogP contribution in [0.3, 0.4) is 0 Å². The standard InChI is InChI=1S/C16H17N3O2S/c1-10-3-6-14(11(2)7-10)18-16(22)19-17-9-12-4-5-13(20)8-15(12)21/h3-9,20-21H,1-2H3,(H2,18,19,22)/b17-9+. The molecule has 2 aromatic carbocycles. The monoisotopic (exact) mass is 315 g/mol. The van der Waals surface area contributed by atoms with E-state index in [0.717, 1.165) is 11.3 Å². The summed E-state index contributed by atoms with van der Waals surface area (Å²) >= 11 is 5.16. The van der Waals surface area contributed by atoms with E-state index in [1.165, 1.54) is 23.9 Å². The van der Waals surface area contributed by atoms with Gasteiger partial charge < -0.3 is 15.5 Å². The minimum absolute atomic E-state index is 0.00496. The molecule has 6 heteroatoms. The number of phenols is 2. The Kier molecular flexibility index (Phi) is 4.95. The van der Waals surface area contributed by atoms with Gasteiger partial charge in [-0.2, -0.15) is 5.10 Å². The molecular weight excluding hydrogens is 298 g/mol. The van der Waals surface area contributed by atoms with Crippen LogP contribution in [0.15, 0.2) is 41.5 Å². The Labute approximate surface area is 134 Å². The third-order valence-electron chi connectivity index (χ3n) is 3.01. The summed E-state index contributed by atoms with van der Waals surface area (Å²) in [5.41, 5.74) is 6.33. The molecular formula is C16H17N3O2S. The number of anilines is 1. The van der Waals surface area contributed by atoms with Gasteiger partial charge in [-0.15, -0.1) is 0 Å². The van der Waals surface area contributed by atoms with Crippen molar-refractivity contribution >= 4 is 29.2 Å². The number of nitrogens with zero attached hydrogens (tertiary/aromatic N) is 1. The van der Waals surface area contributed by atoms with E-state index in [1.54, 1.807) is 6.07 Å². The van der Waals surface area contributed by atoms with Crippen molar-refractivity contribution < 1.29 is 10.2 Å². The molecule has 0 heterocycles. The first-order valence-corrected chi connectivity index (χ1v) is 7.06. The molecule has 0 aliphatic rings. The van der Waals surface area contributed by atoms with Crippen molar-refractivity contribution in [1.82, 2.24) is 5.43 Å². The van der Waals surface area contributed by atoms with Crippen LogP contribution in [-0.4, -0.2) is 21.5 Å². The molecule has 0 aliphatic heterocycles. The van der Waals surface area contributed by atoms with Crippen LogP contribution in [0.4, 0.5) is 5.69 Å². The van der Waals surface area contributed by atoms with E-state index < -0.39 is 0 Å². The molecule has 0 atom stereocenters. The smallest absolute Gasteiger partial charge is 0.191 e. The fourth-order valence-corrected chi connectivity index (χ4v) is 2.07. The highest BCUT2D eigenvalue weighted by Crippen LogP contribution is 2.20. The molecule has 4 N–H and O–H groups in total. The molecule has 0 aromatic heterocycles. The largest absolute Gasteiger partial charge is 0.508 e. The van der Waals surface area contributed by atoms with Crippen LogP contribution < -0.4 is 10.7 Å². The molecule has 0 saturated heterocycles. The predicted molar refractivity (Wildman–Crippen MR) is 92.6 cm³/mol. The van der Waals surface area contributed by atoms with Crippen molar-refractivity contribution in [2.45, 2.75) is 13.8 Å². The topological polar surface area (TPSA) is 76.9 Å². The molecule has 0 unspecified atom stereocenters. The number of nitrogens with one attached hydrogen (secondary N) is 2. The van der Waals surface area contributed by atoms with Gasteiger partial charge in [0, 0.05) is 17.3 Å². The van der Waals surface area contributed by atoms with Crippen LogP contribution in [0.1, 0.15) is 16.7 Å². The Morgan fingerprint density at radius 2 is 1.91 bits per heavy atom. The Balaban J connectivity index is 1.96. The summed E-state index contributed by atoms with van der Waals surface area (Å²) in [5, 5.41) is 26.2. The molecule has 0 saturated carbocycles. The zero-order chi connectivity index (χ0) is 16.1. The third-order valence-corrected chi connectivity index (χ3v) is 3.21. The number of hydrogen-bond acceptors (Lipinski definition) is 4. The lowest BCUT2D eigenvalue weighted by Crippen LogP contribution is -2.24. The maximum atomic E-state index is 9.63. The molecule has 114 valence electrons. The third kappa shape index (κ3) is 4.20. The number of hydrogen-bond donors (Lipinski definition) is 4. The van der Waals surface area contributed by atoms with Gasteiger partial charge in [0.1, 0.15) is 11.5 Å². The van der Waals surface area contributed by atoms with E-state index >= 15 is 0 Å². The van der Waals surface area contributed by atoms with Gasteiger partial charge in [0.2, 0.25) is 0 Å². The number of phenolic OH excluding ortho intramolecular Hbond substituents is 2. The molecule has 5 nitrogen and oxygen atoms in total. The predicted octanol–water partition coefficient (Wildman–Crippen LogP) is 3.04. The minimum atomic E-state index is -0.0567. The van der Waals surface area contributed by atoms with Gasteiger partial charge in [-0.25, -0.2) is 0 Å². The second kappa shape index (κ2) is 6.91. The number of aromatic hydroxyl groups is 2. The van der Waals surface area contributed by atoms with Crippen LogP contribution in [0.5, 0.6) is 11.5 Å². The first kappa shape index (κ1) is 15.8. The average Bonchev–Trinajstić information content (AvgIpc) is 2.44. The Bertz CT molecular complexity index is 729. The summed E-state index contributed by atoms with van der Waals surface area (Å²) in [5.74, 6) is -0.0616. The maximum Gasteiger partial charge on any atom is 0.191 e. The summed E-state index contributed by atoms with van der Waals surface area (Å²) in [4.78, 5) is 0. The first-order chi connectivity index (χ1) is 10.5. The lowest BCUT2D eigenvalue weighted by Gasteiger charge is -2.10. The van der Waals surface area contributed by atoms with Crippen LogP contribution in [0.25, 0.3) is 0 Å². The van der Waals surface area contributed by atoms with Crippen LogP contribution >= 0.6 is 12.2 Å². The summed E-state index contributed by atoms with van der Waals surface area (Å²) in [6, 6.07) is 10.3. The zero-order valence-electron chi connectivity index (χ0n) is 12.3. The van der Waals surface area contributed by atoms with Crippen molar-refractivity contribution in [2.75, 3.05) is 5.32 Å². The maximum absolute atomic E-state index is 9.63. The molecule has 2 rings (SSSR count). The van der Waals surface area contributed by atoms with Gasteiger partial charge in [-0.3, -0.25) is 5.43 Å². The van der Waals surface area contributed by atoms with E-state index in [9.17, 15) is 10.2 Å². The highest BCUT2D eigenvalue weighted by atomic mass is 32.1. The molecule has 0 fully saturated rings. The van der Waals surface area contributed by atoms with Crippen LogP contribution in [0.2, 0.25) is 0 Å². The van der Waals surface area contributed by atoms with Gasteiger partial charge in [-0.05, 0) is 49.8 Å². The Morgan fingerprint density at radius 3 is 2.59 bits per heavy atom. The molecule has 0 aliphatic carbocycles. The van der Waals surface area contributed by atoms with E-state index in [1.807, 2.05) is 26.0 Å². The number of thiocarbonyl (C=S) groups is 1. The molecule has 0 amide bonds. The van der Waals surface area contributed by atoms with E-state index in [-0.39, 0.29) is 11.5 Å². The highest BCUT2D eigenvalue weighted by molar-refractivity contribution is 7.80. The van der Waals surface area contributed by atoms with Crippen molar-refractivity contribution in [3.05, 3.63) is 53.1 Å². The minimum Gasteiger partial charge on any atom is -0.508 e. The first-order valence-electron chi connectivity index (χ1n) is 6.65. The number of hydrazone groups is 1. The van der Waals surface area contributed by atoms with Gasteiger partial charge in [0.05, 0.1) is 6.21 Å². The molecule has 0 radical (unpaired) electrons. The Morgan fingerprint density at radius 1 is 1.14 bits per heavy atom. The quantitative estimate of drug-likeness (QED) is 0.398. The van der Waals surface area contributed by atoms with Gasteiger partial charge >= 0.3 is 0 Å². The zero-order valence-corrected chi connectivity index (χ0v) is 13.1. The molecule has 2 aromatic rings. The summed E-state index contributed by atoms with van der Waals surface area (Å²) in [6.45, 7) is 4.03. The molecule has 0 bridgehead atoms. The second-order valence-electron chi connectivity index (χ2n) is 4.89. The number of aryl methyl sites for hydroxylation is 2. The highest BCUT2D eigenvalue weighted by Gasteiger charge is 2.01. The SMILES string of the molecule is Cc1ccc(NC(=S)N/N=C/c2ccc(O)cc2O)c(C)c1. The van der Waals surface area contributed by atoms with Gasteiger partial charge in [0.15, 0.2) is 5.11 Å². The average molecular weight is 315 g/mol. The fraction of sp³-hybridized carbons (Fsp3) is 0.125. The second-order valence-corrected chi connectivity index (χ2v) is 5.29. The van der Waals surface area contributed by atoms with Crippen molar-refractivity contribution in [1.29, 1.82) is 0 Å². The molecule has 0 spiro atoms.